The zero-order valence-corrected chi connectivity index (χ0v) is 11.6. The quantitative estimate of drug-likeness (QED) is 0.786. The fraction of sp³-hybridized carbons (Fsp3) is 0.538. The van der Waals surface area contributed by atoms with E-state index in [2.05, 4.69) is 29.7 Å². The largest absolute Gasteiger partial charge is 0.488 e. The fourth-order valence-corrected chi connectivity index (χ4v) is 3.53. The predicted molar refractivity (Wildman–Crippen MR) is 78.1 cm³/mol. The normalized spacial score (nSPS) is 20.9. The first kappa shape index (κ1) is 13.9. The first-order chi connectivity index (χ1) is 8.69. The summed E-state index contributed by atoms with van der Waals surface area (Å²) in [6, 6.07) is 7.57. The number of nitrogens with zero attached hydrogens (tertiary/aromatic N) is 1. The van der Waals surface area contributed by atoms with Crippen molar-refractivity contribution in [1.29, 1.82) is 0 Å². The van der Waals surface area contributed by atoms with E-state index in [0.29, 0.717) is 5.46 Å². The molecule has 2 rings (SSSR count). The molecular formula is C13H20BNO2S. The van der Waals surface area contributed by atoms with Crippen molar-refractivity contribution in [1.82, 2.24) is 4.90 Å². The van der Waals surface area contributed by atoms with Gasteiger partial charge in [0.15, 0.2) is 0 Å². The highest BCUT2D eigenvalue weighted by molar-refractivity contribution is 8.00. The Kier molecular flexibility index (Phi) is 5.12. The fourth-order valence-electron chi connectivity index (χ4n) is 2.28. The Bertz CT molecular complexity index is 389. The molecule has 0 saturated carbocycles. The van der Waals surface area contributed by atoms with Gasteiger partial charge in [-0.05, 0) is 17.4 Å². The third-order valence-electron chi connectivity index (χ3n) is 3.33. The van der Waals surface area contributed by atoms with Crippen LogP contribution < -0.4 is 5.46 Å². The maximum Gasteiger partial charge on any atom is 0.488 e. The zero-order valence-electron chi connectivity index (χ0n) is 10.7. The second-order valence-electron chi connectivity index (χ2n) is 4.75. The van der Waals surface area contributed by atoms with Crippen LogP contribution in [0.2, 0.25) is 0 Å². The summed E-state index contributed by atoms with van der Waals surface area (Å²) in [5.74, 6) is 1.20. The number of hydrogen-bond donors (Lipinski definition) is 2. The van der Waals surface area contributed by atoms with Crippen molar-refractivity contribution in [2.24, 2.45) is 0 Å². The molecule has 1 aliphatic heterocycles. The number of thioether (sulfide) groups is 1. The highest BCUT2D eigenvalue weighted by Crippen LogP contribution is 2.22. The smallest absolute Gasteiger partial charge is 0.423 e. The Hall–Kier alpha value is -0.485. The van der Waals surface area contributed by atoms with Crippen LogP contribution in [-0.4, -0.2) is 46.2 Å². The average Bonchev–Trinajstić information content (AvgIpc) is 2.39. The molecule has 1 aromatic carbocycles. The van der Waals surface area contributed by atoms with Crippen LogP contribution in [-0.2, 0) is 6.54 Å². The van der Waals surface area contributed by atoms with Gasteiger partial charge in [-0.25, -0.2) is 0 Å². The van der Waals surface area contributed by atoms with Crippen LogP contribution in [0.1, 0.15) is 18.9 Å². The molecule has 3 nitrogen and oxygen atoms in total. The van der Waals surface area contributed by atoms with Crippen LogP contribution >= 0.6 is 11.8 Å². The van der Waals surface area contributed by atoms with Crippen molar-refractivity contribution >= 4 is 24.3 Å². The molecule has 0 aromatic heterocycles. The minimum absolute atomic E-state index is 0.575. The molecule has 1 aromatic rings. The zero-order chi connectivity index (χ0) is 13.0. The van der Waals surface area contributed by atoms with Crippen molar-refractivity contribution < 1.29 is 10.0 Å². The maximum atomic E-state index is 9.17. The third kappa shape index (κ3) is 3.75. The summed E-state index contributed by atoms with van der Waals surface area (Å²) < 4.78 is 0. The molecule has 1 heterocycles. The first-order valence-electron chi connectivity index (χ1n) is 6.48. The Balaban J connectivity index is 1.98. The van der Waals surface area contributed by atoms with Crippen molar-refractivity contribution in [2.75, 3.05) is 18.8 Å². The van der Waals surface area contributed by atoms with Gasteiger partial charge < -0.3 is 10.0 Å². The Morgan fingerprint density at radius 3 is 3.00 bits per heavy atom. The van der Waals surface area contributed by atoms with Crippen molar-refractivity contribution in [3.05, 3.63) is 29.8 Å². The standard InChI is InChI=1S/C13H20BNO2S/c1-2-13-10-15(6-7-18-13)9-11-4-3-5-12(8-11)14(16)17/h3-5,8,13,16-17H,2,6-7,9-10H2,1H3. The van der Waals surface area contributed by atoms with E-state index >= 15 is 0 Å². The molecule has 5 heteroatoms. The van der Waals surface area contributed by atoms with Gasteiger partial charge >= 0.3 is 7.12 Å². The van der Waals surface area contributed by atoms with Gasteiger partial charge in [0, 0.05) is 30.6 Å². The summed E-state index contributed by atoms with van der Waals surface area (Å²) in [4.78, 5) is 2.45. The van der Waals surface area contributed by atoms with Gasteiger partial charge in [0.1, 0.15) is 0 Å². The average molecular weight is 265 g/mol. The monoisotopic (exact) mass is 265 g/mol. The van der Waals surface area contributed by atoms with Crippen molar-refractivity contribution in [3.63, 3.8) is 0 Å². The number of rotatable bonds is 4. The summed E-state index contributed by atoms with van der Waals surface area (Å²) in [7, 11) is -1.37. The molecule has 2 N–H and O–H groups in total. The van der Waals surface area contributed by atoms with E-state index in [1.165, 1.54) is 12.2 Å². The van der Waals surface area contributed by atoms with Crippen molar-refractivity contribution in [2.45, 2.75) is 25.1 Å². The third-order valence-corrected chi connectivity index (χ3v) is 4.71. The van der Waals surface area contributed by atoms with Crippen LogP contribution in [0, 0.1) is 0 Å². The van der Waals surface area contributed by atoms with E-state index in [4.69, 9.17) is 0 Å². The molecular weight excluding hydrogens is 245 g/mol. The summed E-state index contributed by atoms with van der Waals surface area (Å²) in [6.07, 6.45) is 1.22. The van der Waals surface area contributed by atoms with Crippen molar-refractivity contribution in [3.8, 4) is 0 Å². The lowest BCUT2D eigenvalue weighted by Gasteiger charge is -2.31. The Morgan fingerprint density at radius 2 is 2.28 bits per heavy atom. The molecule has 0 aliphatic carbocycles. The summed E-state index contributed by atoms with van der Waals surface area (Å²) in [5.41, 5.74) is 1.73. The minimum Gasteiger partial charge on any atom is -0.423 e. The molecule has 18 heavy (non-hydrogen) atoms. The van der Waals surface area contributed by atoms with Gasteiger partial charge in [0.25, 0.3) is 0 Å². The van der Waals surface area contributed by atoms with E-state index in [1.54, 1.807) is 6.07 Å². The number of hydrogen-bond acceptors (Lipinski definition) is 4. The Labute approximate surface area is 113 Å². The molecule has 1 atom stereocenters. The van der Waals surface area contributed by atoms with E-state index < -0.39 is 7.12 Å². The van der Waals surface area contributed by atoms with Crippen LogP contribution in [0.25, 0.3) is 0 Å². The van der Waals surface area contributed by atoms with E-state index in [-0.39, 0.29) is 0 Å². The predicted octanol–water partition coefficient (Wildman–Crippen LogP) is 0.694. The lowest BCUT2D eigenvalue weighted by Crippen LogP contribution is -2.37. The molecule has 98 valence electrons. The number of benzene rings is 1. The van der Waals surface area contributed by atoms with Crippen LogP contribution in [0.5, 0.6) is 0 Å². The molecule has 0 bridgehead atoms. The SMILES string of the molecule is CCC1CN(Cc2cccc(B(O)O)c2)CCS1. The second-order valence-corrected chi connectivity index (χ2v) is 6.16. The lowest BCUT2D eigenvalue weighted by molar-refractivity contribution is 0.273. The lowest BCUT2D eigenvalue weighted by atomic mass is 9.79. The van der Waals surface area contributed by atoms with Gasteiger partial charge in [-0.15, -0.1) is 0 Å². The molecule has 0 spiro atoms. The Morgan fingerprint density at radius 1 is 1.44 bits per heavy atom. The van der Waals surface area contributed by atoms with Gasteiger partial charge in [-0.2, -0.15) is 11.8 Å². The van der Waals surface area contributed by atoms with Crippen LogP contribution in [0.15, 0.2) is 24.3 Å². The van der Waals surface area contributed by atoms with Gasteiger partial charge in [-0.1, -0.05) is 31.2 Å². The van der Waals surface area contributed by atoms with E-state index in [9.17, 15) is 10.0 Å². The van der Waals surface area contributed by atoms with Gasteiger partial charge in [0.2, 0.25) is 0 Å². The molecule has 1 aliphatic rings. The van der Waals surface area contributed by atoms with Gasteiger partial charge in [0.05, 0.1) is 0 Å². The second kappa shape index (κ2) is 6.61. The van der Waals surface area contributed by atoms with Crippen LogP contribution in [0.4, 0.5) is 0 Å². The molecule has 0 radical (unpaired) electrons. The molecule has 1 fully saturated rings. The highest BCUT2D eigenvalue weighted by Gasteiger charge is 2.19. The maximum absolute atomic E-state index is 9.17. The minimum atomic E-state index is -1.37. The van der Waals surface area contributed by atoms with Gasteiger partial charge in [-0.3, -0.25) is 4.90 Å². The summed E-state index contributed by atoms with van der Waals surface area (Å²) >= 11 is 2.06. The summed E-state index contributed by atoms with van der Waals surface area (Å²) in [5, 5.41) is 19.1. The molecule has 1 saturated heterocycles. The van der Waals surface area contributed by atoms with E-state index in [0.717, 1.165) is 30.4 Å². The summed E-state index contributed by atoms with van der Waals surface area (Å²) in [6.45, 7) is 5.39. The molecule has 1 unspecified atom stereocenters. The first-order valence-corrected chi connectivity index (χ1v) is 7.53. The van der Waals surface area contributed by atoms with E-state index in [1.807, 2.05) is 12.1 Å². The van der Waals surface area contributed by atoms with Crippen LogP contribution in [0.3, 0.4) is 0 Å². The highest BCUT2D eigenvalue weighted by atomic mass is 32.2. The molecule has 0 amide bonds. The topological polar surface area (TPSA) is 43.7 Å².